The van der Waals surface area contributed by atoms with Gasteiger partial charge >= 0.3 is 6.09 Å². The minimum absolute atomic E-state index is 0.184. The summed E-state index contributed by atoms with van der Waals surface area (Å²) in [5.41, 5.74) is 1.20. The number of benzene rings is 2. The molecule has 24 heavy (non-hydrogen) atoms. The van der Waals surface area contributed by atoms with Crippen LogP contribution in [0.3, 0.4) is 0 Å². The molecule has 1 aliphatic heterocycles. The minimum Gasteiger partial charge on any atom is -0.465 e. The van der Waals surface area contributed by atoms with Crippen molar-refractivity contribution in [1.29, 1.82) is 0 Å². The highest BCUT2D eigenvalue weighted by molar-refractivity contribution is 6.31. The van der Waals surface area contributed by atoms with Crippen LogP contribution in [0.2, 0.25) is 5.02 Å². The van der Waals surface area contributed by atoms with Gasteiger partial charge in [-0.1, -0.05) is 35.9 Å². The molecule has 0 aromatic heterocycles. The Hall–Kier alpha value is -1.82. The second-order valence-corrected chi connectivity index (χ2v) is 6.32. The Morgan fingerprint density at radius 2 is 2.04 bits per heavy atom. The van der Waals surface area contributed by atoms with Crippen molar-refractivity contribution >= 4 is 28.5 Å². The highest BCUT2D eigenvalue weighted by Crippen LogP contribution is 2.31. The molecule has 1 saturated heterocycles. The number of rotatable bonds is 5. The van der Waals surface area contributed by atoms with E-state index in [2.05, 4.69) is 11.4 Å². The molecule has 0 saturated carbocycles. The second-order valence-electron chi connectivity index (χ2n) is 5.88. The number of nitrogens with one attached hydrogen (secondary N) is 1. The van der Waals surface area contributed by atoms with Gasteiger partial charge in [0, 0.05) is 23.9 Å². The SMILES string of the molecule is O=C(O)NCCC[C@H]1OC[C@H](c2cccc3cc(Cl)ccc32)CO1. The van der Waals surface area contributed by atoms with Crippen LogP contribution < -0.4 is 5.32 Å². The number of halogens is 1. The molecule has 0 atom stereocenters. The summed E-state index contributed by atoms with van der Waals surface area (Å²) in [5.74, 6) is 0.184. The van der Waals surface area contributed by atoms with Crippen molar-refractivity contribution in [2.45, 2.75) is 25.0 Å². The molecular weight excluding hydrogens is 330 g/mol. The minimum atomic E-state index is -1.00. The number of fused-ring (bicyclic) bond motifs is 1. The molecule has 1 amide bonds. The predicted octanol–water partition coefficient (Wildman–Crippen LogP) is 4.00. The maximum absolute atomic E-state index is 10.4. The van der Waals surface area contributed by atoms with Gasteiger partial charge in [-0.15, -0.1) is 0 Å². The first-order valence-corrected chi connectivity index (χ1v) is 8.39. The fraction of sp³-hybridized carbons (Fsp3) is 0.389. The highest BCUT2D eigenvalue weighted by atomic mass is 35.5. The molecule has 1 heterocycles. The number of carbonyl (C=O) groups is 1. The van der Waals surface area contributed by atoms with E-state index >= 15 is 0 Å². The average molecular weight is 350 g/mol. The molecule has 1 aliphatic rings. The first-order chi connectivity index (χ1) is 11.6. The molecule has 5 nitrogen and oxygen atoms in total. The van der Waals surface area contributed by atoms with E-state index in [1.54, 1.807) is 0 Å². The Kier molecular flexibility index (Phi) is 5.56. The van der Waals surface area contributed by atoms with E-state index in [4.69, 9.17) is 26.2 Å². The van der Waals surface area contributed by atoms with Gasteiger partial charge in [0.2, 0.25) is 0 Å². The Bertz CT molecular complexity index is 713. The number of hydrogen-bond donors (Lipinski definition) is 2. The molecule has 128 valence electrons. The van der Waals surface area contributed by atoms with Crippen molar-refractivity contribution in [3.05, 3.63) is 47.0 Å². The molecule has 2 N–H and O–H groups in total. The van der Waals surface area contributed by atoms with E-state index in [0.717, 1.165) is 10.4 Å². The first kappa shape index (κ1) is 17.0. The van der Waals surface area contributed by atoms with E-state index < -0.39 is 6.09 Å². The molecule has 0 radical (unpaired) electrons. The van der Waals surface area contributed by atoms with E-state index in [0.29, 0.717) is 32.6 Å². The van der Waals surface area contributed by atoms with E-state index in [1.807, 2.05) is 30.3 Å². The molecule has 2 aromatic rings. The largest absolute Gasteiger partial charge is 0.465 e. The summed E-state index contributed by atoms with van der Waals surface area (Å²) in [6.07, 6.45) is 0.102. The van der Waals surface area contributed by atoms with Gasteiger partial charge in [-0.3, -0.25) is 0 Å². The van der Waals surface area contributed by atoms with Gasteiger partial charge in [-0.2, -0.15) is 0 Å². The van der Waals surface area contributed by atoms with Gasteiger partial charge < -0.3 is 19.9 Å². The Morgan fingerprint density at radius 3 is 2.79 bits per heavy atom. The summed E-state index contributed by atoms with van der Waals surface area (Å²) < 4.78 is 11.6. The van der Waals surface area contributed by atoms with Gasteiger partial charge in [-0.25, -0.2) is 4.79 Å². The molecule has 2 aromatic carbocycles. The Balaban J connectivity index is 1.58. The van der Waals surface area contributed by atoms with Crippen LogP contribution in [0.1, 0.15) is 24.3 Å². The quantitative estimate of drug-likeness (QED) is 0.801. The number of carboxylic acid groups (broad SMARTS) is 1. The maximum atomic E-state index is 10.4. The highest BCUT2D eigenvalue weighted by Gasteiger charge is 2.24. The lowest BCUT2D eigenvalue weighted by Crippen LogP contribution is -2.32. The monoisotopic (exact) mass is 349 g/mol. The zero-order chi connectivity index (χ0) is 16.9. The number of ether oxygens (including phenoxy) is 2. The van der Waals surface area contributed by atoms with Crippen molar-refractivity contribution in [2.75, 3.05) is 19.8 Å². The fourth-order valence-corrected chi connectivity index (χ4v) is 3.17. The third-order valence-corrected chi connectivity index (χ3v) is 4.41. The van der Waals surface area contributed by atoms with Crippen molar-refractivity contribution in [1.82, 2.24) is 5.32 Å². The molecule has 0 unspecified atom stereocenters. The molecule has 0 spiro atoms. The number of hydrogen-bond acceptors (Lipinski definition) is 3. The zero-order valence-electron chi connectivity index (χ0n) is 13.2. The van der Waals surface area contributed by atoms with E-state index in [-0.39, 0.29) is 12.2 Å². The van der Waals surface area contributed by atoms with Gasteiger partial charge in [0.05, 0.1) is 13.2 Å². The van der Waals surface area contributed by atoms with Crippen molar-refractivity contribution in [2.24, 2.45) is 0 Å². The summed E-state index contributed by atoms with van der Waals surface area (Å²) in [7, 11) is 0. The van der Waals surface area contributed by atoms with Gasteiger partial charge in [0.15, 0.2) is 6.29 Å². The summed E-state index contributed by atoms with van der Waals surface area (Å²) in [4.78, 5) is 10.4. The molecule has 6 heteroatoms. The molecule has 0 bridgehead atoms. The van der Waals surface area contributed by atoms with Crippen molar-refractivity contribution in [3.63, 3.8) is 0 Å². The van der Waals surface area contributed by atoms with Gasteiger partial charge in [-0.05, 0) is 34.9 Å². The van der Waals surface area contributed by atoms with Crippen LogP contribution in [-0.4, -0.2) is 37.2 Å². The standard InChI is InChI=1S/C18H20ClNO4/c19-14-6-7-16-12(9-14)3-1-4-15(16)13-10-23-17(24-11-13)5-2-8-20-18(21)22/h1,3-4,6-7,9,13,17,20H,2,5,8,10-11H2,(H,21,22)/t13-,17-. The molecule has 3 rings (SSSR count). The fourth-order valence-electron chi connectivity index (χ4n) is 2.99. The molecular formula is C18H20ClNO4. The Labute approximate surface area is 145 Å². The van der Waals surface area contributed by atoms with Crippen LogP contribution in [0.5, 0.6) is 0 Å². The average Bonchev–Trinajstić information content (AvgIpc) is 2.58. The summed E-state index contributed by atoms with van der Waals surface area (Å²) in [6.45, 7) is 1.60. The zero-order valence-corrected chi connectivity index (χ0v) is 14.0. The van der Waals surface area contributed by atoms with E-state index in [9.17, 15) is 4.79 Å². The van der Waals surface area contributed by atoms with Crippen LogP contribution in [0.4, 0.5) is 4.79 Å². The van der Waals surface area contributed by atoms with Crippen LogP contribution in [0.15, 0.2) is 36.4 Å². The van der Waals surface area contributed by atoms with Crippen LogP contribution >= 0.6 is 11.6 Å². The topological polar surface area (TPSA) is 67.8 Å². The summed E-state index contributed by atoms with van der Waals surface area (Å²) in [6, 6.07) is 12.1. The predicted molar refractivity (Wildman–Crippen MR) is 92.7 cm³/mol. The lowest BCUT2D eigenvalue weighted by Gasteiger charge is -2.30. The number of amides is 1. The van der Waals surface area contributed by atoms with Gasteiger partial charge in [0.25, 0.3) is 0 Å². The maximum Gasteiger partial charge on any atom is 0.404 e. The lowest BCUT2D eigenvalue weighted by molar-refractivity contribution is -0.189. The van der Waals surface area contributed by atoms with Crippen LogP contribution in [-0.2, 0) is 9.47 Å². The molecule has 1 fully saturated rings. The Morgan fingerprint density at radius 1 is 1.25 bits per heavy atom. The first-order valence-electron chi connectivity index (χ1n) is 8.01. The van der Waals surface area contributed by atoms with Crippen LogP contribution in [0.25, 0.3) is 10.8 Å². The lowest BCUT2D eigenvalue weighted by atomic mass is 9.94. The van der Waals surface area contributed by atoms with E-state index in [1.165, 1.54) is 10.9 Å². The van der Waals surface area contributed by atoms with Crippen LogP contribution in [0, 0.1) is 0 Å². The second kappa shape index (κ2) is 7.83. The van der Waals surface area contributed by atoms with Crippen molar-refractivity contribution < 1.29 is 19.4 Å². The smallest absolute Gasteiger partial charge is 0.404 e. The molecule has 0 aliphatic carbocycles. The van der Waals surface area contributed by atoms with Crippen molar-refractivity contribution in [3.8, 4) is 0 Å². The summed E-state index contributed by atoms with van der Waals surface area (Å²) >= 11 is 6.06. The summed E-state index contributed by atoms with van der Waals surface area (Å²) in [5, 5.41) is 13.9. The third kappa shape index (κ3) is 4.17. The third-order valence-electron chi connectivity index (χ3n) is 4.18. The van der Waals surface area contributed by atoms with Gasteiger partial charge in [0.1, 0.15) is 0 Å². The normalized spacial score (nSPS) is 20.9.